The molecule has 1 amide bonds. The zero-order valence-electron chi connectivity index (χ0n) is 9.62. The summed E-state index contributed by atoms with van der Waals surface area (Å²) in [5, 5.41) is 2.35. The summed E-state index contributed by atoms with van der Waals surface area (Å²) in [5.74, 6) is -2.31. The zero-order valence-corrected chi connectivity index (χ0v) is 10.4. The number of hydrogen-bond acceptors (Lipinski definition) is 2. The Bertz CT molecular complexity index is 269. The first-order chi connectivity index (χ1) is 7.53. The smallest absolute Gasteiger partial charge is 0.277 e. The van der Waals surface area contributed by atoms with Gasteiger partial charge >= 0.3 is 0 Å². The quantitative estimate of drug-likeness (QED) is 0.768. The van der Waals surface area contributed by atoms with Gasteiger partial charge in [-0.25, -0.2) is 8.78 Å². The van der Waals surface area contributed by atoms with Crippen LogP contribution < -0.4 is 11.1 Å². The summed E-state index contributed by atoms with van der Waals surface area (Å²) in [5.41, 5.74) is 4.91. The highest BCUT2D eigenvalue weighted by atomic mass is 35.5. The van der Waals surface area contributed by atoms with Gasteiger partial charge in [-0.05, 0) is 37.5 Å². The molecule has 3 N–H and O–H groups in total. The summed E-state index contributed by atoms with van der Waals surface area (Å²) >= 11 is 0. The standard InChI is InChI=1S/C11H18F2N2O.ClH/c12-11(13,5-14)6-15-10(16)9(7-1-2-7)8-3-4-8;/h7-9H,1-6,14H2,(H,15,16);1H. The van der Waals surface area contributed by atoms with Crippen molar-refractivity contribution in [2.45, 2.75) is 31.6 Å². The number of halogens is 3. The Kier molecular flexibility index (Phi) is 4.72. The average Bonchev–Trinajstić information content (AvgIpc) is 3.09. The van der Waals surface area contributed by atoms with Crippen molar-refractivity contribution in [3.8, 4) is 0 Å². The van der Waals surface area contributed by atoms with Crippen LogP contribution in [0.1, 0.15) is 25.7 Å². The van der Waals surface area contributed by atoms with Crippen LogP contribution in [0.15, 0.2) is 0 Å². The first-order valence-corrected chi connectivity index (χ1v) is 5.89. The third-order valence-corrected chi connectivity index (χ3v) is 3.38. The molecule has 0 atom stereocenters. The van der Waals surface area contributed by atoms with Crippen molar-refractivity contribution in [1.82, 2.24) is 5.32 Å². The second kappa shape index (κ2) is 5.48. The molecule has 2 rings (SSSR count). The van der Waals surface area contributed by atoms with E-state index in [1.807, 2.05) is 0 Å². The maximum absolute atomic E-state index is 12.9. The maximum Gasteiger partial charge on any atom is 0.277 e. The fourth-order valence-electron chi connectivity index (χ4n) is 2.13. The summed E-state index contributed by atoms with van der Waals surface area (Å²) in [6.07, 6.45) is 4.29. The molecule has 0 radical (unpaired) electrons. The van der Waals surface area contributed by atoms with Crippen LogP contribution in [0.4, 0.5) is 8.78 Å². The van der Waals surface area contributed by atoms with E-state index in [0.29, 0.717) is 11.8 Å². The number of rotatable bonds is 6. The van der Waals surface area contributed by atoms with E-state index in [1.165, 1.54) is 0 Å². The predicted octanol–water partition coefficient (Wildman–Crippen LogP) is 1.55. The molecule has 17 heavy (non-hydrogen) atoms. The first-order valence-electron chi connectivity index (χ1n) is 5.89. The molecule has 0 aromatic heterocycles. The lowest BCUT2D eigenvalue weighted by Gasteiger charge is -2.19. The lowest BCUT2D eigenvalue weighted by Crippen LogP contribution is -2.44. The molecule has 2 saturated carbocycles. The molecule has 0 saturated heterocycles. The van der Waals surface area contributed by atoms with Crippen LogP contribution in [-0.4, -0.2) is 24.9 Å². The Morgan fingerprint density at radius 2 is 1.76 bits per heavy atom. The zero-order chi connectivity index (χ0) is 11.8. The third-order valence-electron chi connectivity index (χ3n) is 3.38. The molecular formula is C11H19ClF2N2O. The van der Waals surface area contributed by atoms with E-state index in [4.69, 9.17) is 5.73 Å². The van der Waals surface area contributed by atoms with Crippen LogP contribution in [0.3, 0.4) is 0 Å². The van der Waals surface area contributed by atoms with Gasteiger partial charge in [-0.2, -0.15) is 0 Å². The summed E-state index contributed by atoms with van der Waals surface area (Å²) < 4.78 is 25.7. The van der Waals surface area contributed by atoms with Crippen LogP contribution in [0.5, 0.6) is 0 Å². The summed E-state index contributed by atoms with van der Waals surface area (Å²) in [4.78, 5) is 11.8. The summed E-state index contributed by atoms with van der Waals surface area (Å²) in [7, 11) is 0. The highest BCUT2D eigenvalue weighted by Gasteiger charge is 2.45. The van der Waals surface area contributed by atoms with E-state index >= 15 is 0 Å². The molecule has 3 nitrogen and oxygen atoms in total. The van der Waals surface area contributed by atoms with Gasteiger partial charge in [0.05, 0.1) is 13.1 Å². The Hall–Kier alpha value is -0.420. The lowest BCUT2D eigenvalue weighted by atomic mass is 9.97. The van der Waals surface area contributed by atoms with E-state index in [-0.39, 0.29) is 24.2 Å². The van der Waals surface area contributed by atoms with Gasteiger partial charge in [0.25, 0.3) is 5.92 Å². The highest BCUT2D eigenvalue weighted by molar-refractivity contribution is 5.85. The molecule has 2 aliphatic rings. The number of carbonyl (C=O) groups excluding carboxylic acids is 1. The fourth-order valence-corrected chi connectivity index (χ4v) is 2.13. The molecule has 0 spiro atoms. The highest BCUT2D eigenvalue weighted by Crippen LogP contribution is 2.49. The van der Waals surface area contributed by atoms with Gasteiger partial charge in [-0.3, -0.25) is 4.79 Å². The van der Waals surface area contributed by atoms with E-state index in [9.17, 15) is 13.6 Å². The van der Waals surface area contributed by atoms with Crippen LogP contribution in [0.25, 0.3) is 0 Å². The minimum Gasteiger partial charge on any atom is -0.350 e. The molecule has 0 heterocycles. The van der Waals surface area contributed by atoms with Gasteiger partial charge in [0.1, 0.15) is 0 Å². The lowest BCUT2D eigenvalue weighted by molar-refractivity contribution is -0.128. The van der Waals surface area contributed by atoms with E-state index < -0.39 is 19.0 Å². The van der Waals surface area contributed by atoms with Crippen molar-refractivity contribution in [2.24, 2.45) is 23.5 Å². The number of hydrogen-bond donors (Lipinski definition) is 2. The van der Waals surface area contributed by atoms with Crippen molar-refractivity contribution < 1.29 is 13.6 Å². The van der Waals surface area contributed by atoms with Crippen molar-refractivity contribution >= 4 is 18.3 Å². The molecule has 6 heteroatoms. The Morgan fingerprint density at radius 1 is 1.29 bits per heavy atom. The number of nitrogens with one attached hydrogen (secondary N) is 1. The van der Waals surface area contributed by atoms with Crippen molar-refractivity contribution in [3.63, 3.8) is 0 Å². The maximum atomic E-state index is 12.9. The topological polar surface area (TPSA) is 55.1 Å². The second-order valence-electron chi connectivity index (χ2n) is 4.98. The van der Waals surface area contributed by atoms with E-state index in [2.05, 4.69) is 5.32 Å². The molecule has 2 aliphatic carbocycles. The minimum absolute atomic E-state index is 0. The molecule has 0 aromatic carbocycles. The van der Waals surface area contributed by atoms with E-state index in [1.54, 1.807) is 0 Å². The molecule has 0 unspecified atom stereocenters. The minimum atomic E-state index is -2.98. The average molecular weight is 269 g/mol. The van der Waals surface area contributed by atoms with Gasteiger partial charge in [-0.15, -0.1) is 12.4 Å². The molecule has 100 valence electrons. The summed E-state index contributed by atoms with van der Waals surface area (Å²) in [6.45, 7) is -1.34. The monoisotopic (exact) mass is 268 g/mol. The normalized spacial score (nSPS) is 20.0. The number of carbonyl (C=O) groups is 1. The largest absolute Gasteiger partial charge is 0.350 e. The number of nitrogens with two attached hydrogens (primary N) is 1. The molecule has 0 aromatic rings. The second-order valence-corrected chi connectivity index (χ2v) is 4.98. The Labute approximate surface area is 106 Å². The summed E-state index contributed by atoms with van der Waals surface area (Å²) in [6, 6.07) is 0. The van der Waals surface area contributed by atoms with Crippen molar-refractivity contribution in [3.05, 3.63) is 0 Å². The van der Waals surface area contributed by atoms with Crippen LogP contribution in [0, 0.1) is 17.8 Å². The first kappa shape index (κ1) is 14.6. The molecule has 0 bridgehead atoms. The van der Waals surface area contributed by atoms with Gasteiger partial charge in [0, 0.05) is 5.92 Å². The number of amides is 1. The molecule has 0 aliphatic heterocycles. The fraction of sp³-hybridized carbons (Fsp3) is 0.909. The van der Waals surface area contributed by atoms with Gasteiger partial charge in [0.15, 0.2) is 0 Å². The third kappa shape index (κ3) is 4.07. The van der Waals surface area contributed by atoms with Crippen LogP contribution in [-0.2, 0) is 4.79 Å². The predicted molar refractivity (Wildman–Crippen MR) is 63.2 cm³/mol. The Morgan fingerprint density at radius 3 is 2.12 bits per heavy atom. The van der Waals surface area contributed by atoms with Crippen molar-refractivity contribution in [1.29, 1.82) is 0 Å². The SMILES string of the molecule is Cl.NCC(F)(F)CNC(=O)C(C1CC1)C1CC1. The number of alkyl halides is 2. The van der Waals surface area contributed by atoms with Crippen LogP contribution >= 0.6 is 12.4 Å². The Balaban J connectivity index is 0.00000144. The van der Waals surface area contributed by atoms with Crippen LogP contribution in [0.2, 0.25) is 0 Å². The van der Waals surface area contributed by atoms with Crippen molar-refractivity contribution in [2.75, 3.05) is 13.1 Å². The van der Waals surface area contributed by atoms with Gasteiger partial charge in [0.2, 0.25) is 5.91 Å². The van der Waals surface area contributed by atoms with Gasteiger partial charge < -0.3 is 11.1 Å². The van der Waals surface area contributed by atoms with Gasteiger partial charge in [-0.1, -0.05) is 0 Å². The molecular weight excluding hydrogens is 250 g/mol. The van der Waals surface area contributed by atoms with E-state index in [0.717, 1.165) is 25.7 Å². The molecule has 2 fully saturated rings.